The number of primary amides is 1. The van der Waals surface area contributed by atoms with Gasteiger partial charge >= 0.3 is 0 Å². The van der Waals surface area contributed by atoms with E-state index in [0.717, 1.165) is 0 Å². The van der Waals surface area contributed by atoms with Crippen LogP contribution >= 0.6 is 0 Å². The van der Waals surface area contributed by atoms with E-state index in [4.69, 9.17) is 10.5 Å². The minimum Gasteiger partial charge on any atom is -0.492 e. The van der Waals surface area contributed by atoms with Gasteiger partial charge in [-0.3, -0.25) is 9.52 Å². The first kappa shape index (κ1) is 17.7. The lowest BCUT2D eigenvalue weighted by Gasteiger charge is -2.13. The lowest BCUT2D eigenvalue weighted by atomic mass is 10.1. The van der Waals surface area contributed by atoms with Crippen molar-refractivity contribution in [2.45, 2.75) is 11.8 Å². The van der Waals surface area contributed by atoms with Crippen molar-refractivity contribution in [1.29, 1.82) is 0 Å². The zero-order chi connectivity index (χ0) is 17.9. The van der Waals surface area contributed by atoms with Crippen LogP contribution in [0, 0.1) is 11.6 Å². The average Bonchev–Trinajstić information content (AvgIpc) is 2.46. The molecule has 1 amide bonds. The smallest absolute Gasteiger partial charge is 0.265 e. The van der Waals surface area contributed by atoms with Gasteiger partial charge in [0, 0.05) is 0 Å². The van der Waals surface area contributed by atoms with E-state index in [2.05, 4.69) is 0 Å². The summed E-state index contributed by atoms with van der Waals surface area (Å²) in [5, 5.41) is 0. The summed E-state index contributed by atoms with van der Waals surface area (Å²) in [6.45, 7) is 1.92. The Morgan fingerprint density at radius 2 is 1.79 bits per heavy atom. The number of carbonyl (C=O) groups is 1. The van der Waals surface area contributed by atoms with Gasteiger partial charge in [-0.2, -0.15) is 0 Å². The molecule has 0 aliphatic heterocycles. The minimum atomic E-state index is -4.16. The summed E-state index contributed by atoms with van der Waals surface area (Å²) < 4.78 is 59.6. The van der Waals surface area contributed by atoms with Crippen LogP contribution in [0.5, 0.6) is 5.75 Å². The van der Waals surface area contributed by atoms with E-state index in [1.807, 2.05) is 4.72 Å². The molecule has 0 aliphatic carbocycles. The molecule has 0 saturated carbocycles. The predicted octanol–water partition coefficient (Wildman–Crippen LogP) is 2.26. The maximum Gasteiger partial charge on any atom is 0.265 e. The molecular weight excluding hydrogens is 342 g/mol. The van der Waals surface area contributed by atoms with Crippen LogP contribution in [0.15, 0.2) is 41.3 Å². The van der Waals surface area contributed by atoms with Crippen LogP contribution in [0.25, 0.3) is 0 Å². The van der Waals surface area contributed by atoms with E-state index in [1.54, 1.807) is 13.0 Å². The summed E-state index contributed by atoms with van der Waals surface area (Å²) in [5.74, 6) is -3.72. The molecule has 128 valence electrons. The van der Waals surface area contributed by atoms with Crippen LogP contribution in [-0.4, -0.2) is 20.9 Å². The van der Waals surface area contributed by atoms with Gasteiger partial charge in [-0.15, -0.1) is 0 Å². The number of rotatable bonds is 6. The number of nitrogens with one attached hydrogen (secondary N) is 1. The van der Waals surface area contributed by atoms with Gasteiger partial charge in [-0.25, -0.2) is 17.2 Å². The Balaban J connectivity index is 2.42. The SMILES string of the molecule is CCOc1ccccc1S(=O)(=O)Nc1cc(F)c(C(N)=O)c(F)c1. The number of para-hydroxylation sites is 1. The van der Waals surface area contributed by atoms with E-state index in [0.29, 0.717) is 12.1 Å². The number of hydrogen-bond donors (Lipinski definition) is 2. The van der Waals surface area contributed by atoms with Crippen molar-refractivity contribution < 1.29 is 26.7 Å². The largest absolute Gasteiger partial charge is 0.492 e. The second-order valence-corrected chi connectivity index (χ2v) is 6.32. The topological polar surface area (TPSA) is 98.5 Å². The molecule has 0 fully saturated rings. The van der Waals surface area contributed by atoms with Gasteiger partial charge in [-0.05, 0) is 31.2 Å². The highest BCUT2D eigenvalue weighted by atomic mass is 32.2. The van der Waals surface area contributed by atoms with E-state index in [9.17, 15) is 22.0 Å². The minimum absolute atomic E-state index is 0.0993. The normalized spacial score (nSPS) is 11.1. The Kier molecular flexibility index (Phi) is 5.03. The van der Waals surface area contributed by atoms with Crippen LogP contribution in [0.1, 0.15) is 17.3 Å². The van der Waals surface area contributed by atoms with Gasteiger partial charge in [-0.1, -0.05) is 12.1 Å². The fourth-order valence-electron chi connectivity index (χ4n) is 2.02. The summed E-state index contributed by atoms with van der Waals surface area (Å²) in [4.78, 5) is 10.8. The molecule has 2 aromatic carbocycles. The predicted molar refractivity (Wildman–Crippen MR) is 83.3 cm³/mol. The second kappa shape index (κ2) is 6.83. The fourth-order valence-corrected chi connectivity index (χ4v) is 3.21. The van der Waals surface area contributed by atoms with Crippen LogP contribution < -0.4 is 15.2 Å². The van der Waals surface area contributed by atoms with Crippen molar-refractivity contribution in [2.24, 2.45) is 5.73 Å². The highest BCUT2D eigenvalue weighted by Gasteiger charge is 2.22. The van der Waals surface area contributed by atoms with E-state index in [-0.39, 0.29) is 22.9 Å². The highest BCUT2D eigenvalue weighted by Crippen LogP contribution is 2.27. The number of amides is 1. The van der Waals surface area contributed by atoms with Crippen molar-refractivity contribution >= 4 is 21.6 Å². The van der Waals surface area contributed by atoms with Gasteiger partial charge < -0.3 is 10.5 Å². The Morgan fingerprint density at radius 1 is 1.21 bits per heavy atom. The molecule has 2 rings (SSSR count). The summed E-state index contributed by atoms with van der Waals surface area (Å²) in [5.41, 5.74) is 3.54. The first-order valence-electron chi connectivity index (χ1n) is 6.79. The number of carbonyl (C=O) groups excluding carboxylic acids is 1. The molecule has 6 nitrogen and oxygen atoms in total. The monoisotopic (exact) mass is 356 g/mol. The van der Waals surface area contributed by atoms with Gasteiger partial charge in [0.25, 0.3) is 15.9 Å². The van der Waals surface area contributed by atoms with Crippen LogP contribution in [0.4, 0.5) is 14.5 Å². The molecule has 9 heteroatoms. The van der Waals surface area contributed by atoms with Crippen molar-refractivity contribution in [3.63, 3.8) is 0 Å². The van der Waals surface area contributed by atoms with Crippen molar-refractivity contribution in [3.05, 3.63) is 53.6 Å². The molecule has 3 N–H and O–H groups in total. The van der Waals surface area contributed by atoms with E-state index in [1.165, 1.54) is 18.2 Å². The summed E-state index contributed by atoms with van der Waals surface area (Å²) >= 11 is 0. The number of benzene rings is 2. The molecule has 0 atom stereocenters. The molecular formula is C15H14F2N2O4S. The Bertz CT molecular complexity index is 862. The fraction of sp³-hybridized carbons (Fsp3) is 0.133. The van der Waals surface area contributed by atoms with Crippen molar-refractivity contribution in [3.8, 4) is 5.75 Å². The highest BCUT2D eigenvalue weighted by molar-refractivity contribution is 7.92. The third kappa shape index (κ3) is 3.62. The quantitative estimate of drug-likeness (QED) is 0.829. The standard InChI is InChI=1S/C15H14F2N2O4S/c1-2-23-12-5-3-4-6-13(12)24(21,22)19-9-7-10(16)14(15(18)20)11(17)8-9/h3-8,19H,2H2,1H3,(H2,18,20). The molecule has 24 heavy (non-hydrogen) atoms. The second-order valence-electron chi connectivity index (χ2n) is 4.66. The lowest BCUT2D eigenvalue weighted by molar-refractivity contribution is 0.0992. The van der Waals surface area contributed by atoms with Crippen LogP contribution in [0.2, 0.25) is 0 Å². The summed E-state index contributed by atoms with van der Waals surface area (Å²) in [6.07, 6.45) is 0. The Morgan fingerprint density at radius 3 is 2.33 bits per heavy atom. The van der Waals surface area contributed by atoms with Crippen molar-refractivity contribution in [1.82, 2.24) is 0 Å². The average molecular weight is 356 g/mol. The van der Waals surface area contributed by atoms with Crippen molar-refractivity contribution in [2.75, 3.05) is 11.3 Å². The molecule has 0 saturated heterocycles. The first-order valence-corrected chi connectivity index (χ1v) is 8.28. The number of anilines is 1. The molecule has 0 heterocycles. The molecule has 2 aromatic rings. The Hall–Kier alpha value is -2.68. The van der Waals surface area contributed by atoms with E-state index < -0.39 is 33.1 Å². The number of hydrogen-bond acceptors (Lipinski definition) is 4. The first-order chi connectivity index (χ1) is 11.3. The molecule has 0 unspecified atom stereocenters. The molecule has 0 bridgehead atoms. The lowest BCUT2D eigenvalue weighted by Crippen LogP contribution is -2.18. The maximum atomic E-state index is 13.7. The third-order valence-electron chi connectivity index (χ3n) is 2.98. The third-order valence-corrected chi connectivity index (χ3v) is 4.40. The molecule has 0 radical (unpaired) electrons. The number of halogens is 2. The van der Waals surface area contributed by atoms with E-state index >= 15 is 0 Å². The van der Waals surface area contributed by atoms with Gasteiger partial charge in [0.2, 0.25) is 0 Å². The van der Waals surface area contributed by atoms with Gasteiger partial charge in [0.15, 0.2) is 0 Å². The summed E-state index contributed by atoms with van der Waals surface area (Å²) in [7, 11) is -4.16. The molecule has 0 spiro atoms. The maximum absolute atomic E-state index is 13.7. The molecule has 0 aromatic heterocycles. The van der Waals surface area contributed by atoms with Crippen LogP contribution in [-0.2, 0) is 10.0 Å². The van der Waals surface area contributed by atoms with Gasteiger partial charge in [0.05, 0.1) is 12.3 Å². The van der Waals surface area contributed by atoms with Gasteiger partial charge in [0.1, 0.15) is 27.8 Å². The van der Waals surface area contributed by atoms with Crippen LogP contribution in [0.3, 0.4) is 0 Å². The number of sulfonamides is 1. The Labute approximate surface area is 137 Å². The zero-order valence-corrected chi connectivity index (χ0v) is 13.4. The summed E-state index contributed by atoms with van der Waals surface area (Å²) in [6, 6.07) is 7.15. The number of nitrogens with two attached hydrogens (primary N) is 1. The molecule has 0 aliphatic rings. The number of ether oxygens (including phenoxy) is 1. The zero-order valence-electron chi connectivity index (χ0n) is 12.5.